The lowest BCUT2D eigenvalue weighted by molar-refractivity contribution is -0.123. The van der Waals surface area contributed by atoms with E-state index in [0.29, 0.717) is 11.8 Å². The molecule has 44 heavy (non-hydrogen) atoms. The van der Waals surface area contributed by atoms with Crippen molar-refractivity contribution < 1.29 is 28.7 Å². The number of allylic oxidation sites excluding steroid dienone is 2. The maximum Gasteiger partial charge on any atom is 0.200 e. The van der Waals surface area contributed by atoms with Crippen molar-refractivity contribution in [3.05, 3.63) is 11.6 Å². The lowest BCUT2D eigenvalue weighted by atomic mass is 9.85. The molecular formula is C34H54B2N2O6. The molecule has 8 nitrogen and oxygen atoms in total. The summed E-state index contributed by atoms with van der Waals surface area (Å²) in [6, 6.07) is -0.0366. The SMILES string of the molecule is [B]C(=O)N1[C@@H](CC)[C@@H](CC2C=C(C)CC2C(C)=O)OC1(C)C.[B]C(=O)N1[C@@H](CC)[C@@H](CC2CC(C)CC2C(C)=O)OC1(C)C. The Labute approximate surface area is 268 Å². The van der Waals surface area contributed by atoms with Crippen molar-refractivity contribution in [3.63, 3.8) is 0 Å². The molecule has 4 aliphatic rings. The number of hydrogen-bond acceptors (Lipinski definition) is 6. The molecule has 10 heteroatoms. The van der Waals surface area contributed by atoms with Gasteiger partial charge in [0.05, 0.1) is 24.3 Å². The van der Waals surface area contributed by atoms with E-state index in [2.05, 4.69) is 26.8 Å². The summed E-state index contributed by atoms with van der Waals surface area (Å²) in [4.78, 5) is 50.7. The zero-order chi connectivity index (χ0) is 33.3. The molecule has 4 radical (unpaired) electrons. The van der Waals surface area contributed by atoms with E-state index in [4.69, 9.17) is 25.2 Å². The third-order valence-corrected chi connectivity index (χ3v) is 10.4. The Morgan fingerprint density at radius 3 is 1.68 bits per heavy atom. The number of rotatable bonds is 8. The number of ketones is 2. The summed E-state index contributed by atoms with van der Waals surface area (Å²) < 4.78 is 12.3. The molecule has 2 aliphatic heterocycles. The standard InChI is InChI=1S/C17H28BNO3.C17H26BNO3/c2*1-6-14-15(22-17(4,5)19(14)16(18)21)9-12-7-10(2)8-13(12)11(3)20/h10,12-15H,6-9H2,1-5H3;7,12-15H,6,8-9H2,1-5H3/t10?,12?,13?,14-,15+;12?,13?,14-,15+/m00/s1. The maximum atomic E-state index is 11.9. The first-order valence-corrected chi connectivity index (χ1v) is 16.6. The highest BCUT2D eigenvalue weighted by molar-refractivity contribution is 6.57. The molecular weight excluding hydrogens is 554 g/mol. The van der Waals surface area contributed by atoms with Gasteiger partial charge in [0, 0.05) is 11.8 Å². The first kappa shape index (κ1) is 36.5. The molecule has 2 aliphatic carbocycles. The number of Topliss-reactive ketones (excluding diaryl/α,β-unsaturated/α-hetero) is 2. The van der Waals surface area contributed by atoms with Gasteiger partial charge in [-0.3, -0.25) is 19.2 Å². The molecule has 4 rings (SSSR count). The average molecular weight is 608 g/mol. The Balaban J connectivity index is 0.000000240. The number of carbonyl (C=O) groups is 4. The molecule has 0 N–H and O–H groups in total. The van der Waals surface area contributed by atoms with Crippen LogP contribution in [0, 0.1) is 29.6 Å². The van der Waals surface area contributed by atoms with E-state index >= 15 is 0 Å². The van der Waals surface area contributed by atoms with Crippen LogP contribution in [0.4, 0.5) is 9.59 Å². The first-order valence-electron chi connectivity index (χ1n) is 16.6. The van der Waals surface area contributed by atoms with Crippen molar-refractivity contribution >= 4 is 38.9 Å². The molecule has 2 heterocycles. The Bertz CT molecular complexity index is 1110. The van der Waals surface area contributed by atoms with Crippen LogP contribution in [0.5, 0.6) is 0 Å². The zero-order valence-electron chi connectivity index (χ0n) is 28.7. The van der Waals surface area contributed by atoms with E-state index in [-0.39, 0.29) is 53.6 Å². The van der Waals surface area contributed by atoms with E-state index in [1.165, 1.54) is 5.57 Å². The smallest absolute Gasteiger partial charge is 0.200 e. The fraction of sp³-hybridized carbons (Fsp3) is 0.824. The van der Waals surface area contributed by atoms with Crippen molar-refractivity contribution in [2.45, 2.75) is 150 Å². The van der Waals surface area contributed by atoms with Crippen LogP contribution in [-0.2, 0) is 19.1 Å². The van der Waals surface area contributed by atoms with Gasteiger partial charge in [-0.25, -0.2) is 0 Å². The topological polar surface area (TPSA) is 93.2 Å². The second kappa shape index (κ2) is 14.2. The van der Waals surface area contributed by atoms with Gasteiger partial charge in [0.1, 0.15) is 23.0 Å². The largest absolute Gasteiger partial charge is 0.351 e. The van der Waals surface area contributed by atoms with E-state index in [9.17, 15) is 19.2 Å². The molecule has 0 aromatic heterocycles. The maximum absolute atomic E-state index is 11.9. The minimum Gasteiger partial charge on any atom is -0.351 e. The van der Waals surface area contributed by atoms with Crippen LogP contribution >= 0.6 is 0 Å². The van der Waals surface area contributed by atoms with E-state index < -0.39 is 23.1 Å². The Hall–Kier alpha value is -1.93. The summed E-state index contributed by atoms with van der Waals surface area (Å²) in [7, 11) is 11.1. The van der Waals surface area contributed by atoms with Crippen molar-refractivity contribution in [2.24, 2.45) is 29.6 Å². The van der Waals surface area contributed by atoms with E-state index in [1.54, 1.807) is 23.6 Å². The monoisotopic (exact) mass is 608 g/mol. The van der Waals surface area contributed by atoms with E-state index in [0.717, 1.165) is 44.9 Å². The Morgan fingerprint density at radius 2 is 1.27 bits per heavy atom. The van der Waals surface area contributed by atoms with Crippen LogP contribution in [0.25, 0.3) is 0 Å². The summed E-state index contributed by atoms with van der Waals surface area (Å²) in [6.45, 7) is 19.3. The van der Waals surface area contributed by atoms with E-state index in [1.807, 2.05) is 34.6 Å². The van der Waals surface area contributed by atoms with Gasteiger partial charge in [0.15, 0.2) is 11.6 Å². The molecule has 242 valence electrons. The molecule has 0 aromatic rings. The number of amides is 2. The molecule has 1 saturated carbocycles. The quantitative estimate of drug-likeness (QED) is 0.241. The fourth-order valence-corrected chi connectivity index (χ4v) is 8.76. The van der Waals surface area contributed by atoms with Crippen molar-refractivity contribution in [1.29, 1.82) is 0 Å². The van der Waals surface area contributed by atoms with Crippen molar-refractivity contribution in [1.82, 2.24) is 9.80 Å². The van der Waals surface area contributed by atoms with Gasteiger partial charge in [0.25, 0.3) is 0 Å². The third kappa shape index (κ3) is 7.89. The highest BCUT2D eigenvalue weighted by atomic mass is 16.5. The summed E-state index contributed by atoms with van der Waals surface area (Å²) in [6.07, 6.45) is 8.15. The number of ether oxygens (including phenoxy) is 2. The molecule has 2 amide bonds. The van der Waals surface area contributed by atoms with Gasteiger partial charge in [-0.2, -0.15) is 0 Å². The molecule has 0 aromatic carbocycles. The normalized spacial score (nSPS) is 35.7. The molecule has 5 unspecified atom stereocenters. The van der Waals surface area contributed by atoms with Gasteiger partial charge in [-0.1, -0.05) is 32.4 Å². The minimum atomic E-state index is -0.694. The number of hydrogen-bond donors (Lipinski definition) is 0. The first-order chi connectivity index (χ1) is 20.3. The second-order valence-electron chi connectivity index (χ2n) is 14.7. The van der Waals surface area contributed by atoms with Crippen LogP contribution in [0.3, 0.4) is 0 Å². The molecule has 9 atom stereocenters. The van der Waals surface area contributed by atoms with Gasteiger partial charge in [-0.15, -0.1) is 0 Å². The molecule has 2 saturated heterocycles. The summed E-state index contributed by atoms with van der Waals surface area (Å²) in [5.41, 5.74) is -0.102. The van der Waals surface area contributed by atoms with Crippen LogP contribution in [0.1, 0.15) is 114 Å². The highest BCUT2D eigenvalue weighted by Crippen LogP contribution is 2.44. The Kier molecular flexibility index (Phi) is 11.8. The molecule has 0 bridgehead atoms. The summed E-state index contributed by atoms with van der Waals surface area (Å²) in [5, 5.41) is 0. The number of nitrogens with zero attached hydrogens (tertiary/aromatic N) is 2. The fourth-order valence-electron chi connectivity index (χ4n) is 8.76. The second-order valence-corrected chi connectivity index (χ2v) is 14.7. The van der Waals surface area contributed by atoms with Crippen LogP contribution in [0.15, 0.2) is 11.6 Å². The van der Waals surface area contributed by atoms with Crippen molar-refractivity contribution in [2.75, 3.05) is 0 Å². The zero-order valence-corrected chi connectivity index (χ0v) is 28.7. The Morgan fingerprint density at radius 1 is 0.818 bits per heavy atom. The lowest BCUT2D eigenvalue weighted by Gasteiger charge is -2.33. The third-order valence-electron chi connectivity index (χ3n) is 10.4. The lowest BCUT2D eigenvalue weighted by Crippen LogP contribution is -2.47. The average Bonchev–Trinajstić information content (AvgIpc) is 3.59. The summed E-state index contributed by atoms with van der Waals surface area (Å²) in [5.74, 6) is 0.967. The van der Waals surface area contributed by atoms with Crippen LogP contribution in [-0.4, -0.2) is 84.4 Å². The number of carbonyl (C=O) groups excluding carboxylic acids is 4. The van der Waals surface area contributed by atoms with Gasteiger partial charge in [-0.05, 0) is 111 Å². The minimum absolute atomic E-state index is 0.00369. The van der Waals surface area contributed by atoms with Crippen molar-refractivity contribution in [3.8, 4) is 0 Å². The van der Waals surface area contributed by atoms with Crippen LogP contribution < -0.4 is 0 Å². The van der Waals surface area contributed by atoms with Crippen LogP contribution in [0.2, 0.25) is 0 Å². The molecule has 3 fully saturated rings. The van der Waals surface area contributed by atoms with Gasteiger partial charge >= 0.3 is 0 Å². The van der Waals surface area contributed by atoms with Gasteiger partial charge < -0.3 is 19.3 Å². The van der Waals surface area contributed by atoms with Gasteiger partial charge in [0.2, 0.25) is 15.7 Å². The molecule has 0 spiro atoms. The predicted octanol–water partition coefficient (Wildman–Crippen LogP) is 6.18. The highest BCUT2D eigenvalue weighted by Gasteiger charge is 2.50. The summed E-state index contributed by atoms with van der Waals surface area (Å²) >= 11 is 0. The predicted molar refractivity (Wildman–Crippen MR) is 173 cm³/mol.